The number of carbonyl (C=O) groups is 1. The predicted molar refractivity (Wildman–Crippen MR) is 112 cm³/mol. The minimum absolute atomic E-state index is 0.0935. The number of nitrogens with zero attached hydrogens (tertiary/aromatic N) is 2. The summed E-state index contributed by atoms with van der Waals surface area (Å²) >= 11 is 0. The first-order chi connectivity index (χ1) is 15.1. The van der Waals surface area contributed by atoms with Gasteiger partial charge in [0.1, 0.15) is 23.0 Å². The molecule has 2 amide bonds. The molecule has 0 aliphatic heterocycles. The number of anilines is 1. The largest absolute Gasteiger partial charge is 0.497 e. The van der Waals surface area contributed by atoms with Crippen molar-refractivity contribution >= 4 is 11.7 Å². The molecule has 0 saturated carbocycles. The summed E-state index contributed by atoms with van der Waals surface area (Å²) in [5.41, 5.74) is 1.46. The van der Waals surface area contributed by atoms with Gasteiger partial charge in [0.05, 0.1) is 32.1 Å². The van der Waals surface area contributed by atoms with Gasteiger partial charge < -0.3 is 23.9 Å². The Hall–Kier alpha value is -4.07. The van der Waals surface area contributed by atoms with E-state index < -0.39 is 11.8 Å². The molecule has 0 radical (unpaired) electrons. The minimum Gasteiger partial charge on any atom is -0.497 e. The van der Waals surface area contributed by atoms with Gasteiger partial charge in [-0.3, -0.25) is 0 Å². The van der Waals surface area contributed by atoms with Crippen LogP contribution in [0.25, 0.3) is 11.3 Å². The Morgan fingerprint density at radius 2 is 1.90 bits per heavy atom. The maximum atomic E-state index is 14.0. The third kappa shape index (κ3) is 4.92. The van der Waals surface area contributed by atoms with Crippen molar-refractivity contribution in [2.24, 2.45) is 0 Å². The summed E-state index contributed by atoms with van der Waals surface area (Å²) in [5.74, 6) is 1.36. The standard InChI is InChI=1S/C23H20FN3O4/c1-29-18-10-8-16(9-11-18)22-13-17(26-31-22)14-27(15-19-5-4-12-30-19)23(28)25-21-7-3-2-6-20(21)24/h2-13H,14-15H2,1H3,(H,25,28). The van der Waals surface area contributed by atoms with Gasteiger partial charge in [-0.25, -0.2) is 9.18 Å². The van der Waals surface area contributed by atoms with Crippen LogP contribution >= 0.6 is 0 Å². The lowest BCUT2D eigenvalue weighted by Crippen LogP contribution is -2.34. The van der Waals surface area contributed by atoms with Crippen LogP contribution in [0.2, 0.25) is 0 Å². The van der Waals surface area contributed by atoms with Gasteiger partial charge in [-0.1, -0.05) is 17.3 Å². The van der Waals surface area contributed by atoms with Gasteiger partial charge in [-0.05, 0) is 48.5 Å². The monoisotopic (exact) mass is 421 g/mol. The highest BCUT2D eigenvalue weighted by Crippen LogP contribution is 2.24. The van der Waals surface area contributed by atoms with Gasteiger partial charge in [0, 0.05) is 11.6 Å². The van der Waals surface area contributed by atoms with E-state index >= 15 is 0 Å². The smallest absolute Gasteiger partial charge is 0.322 e. The Balaban J connectivity index is 1.52. The van der Waals surface area contributed by atoms with Crippen LogP contribution in [0.3, 0.4) is 0 Å². The molecule has 0 spiro atoms. The lowest BCUT2D eigenvalue weighted by molar-refractivity contribution is 0.199. The number of hydrogen-bond acceptors (Lipinski definition) is 5. The van der Waals surface area contributed by atoms with Crippen molar-refractivity contribution in [2.45, 2.75) is 13.1 Å². The van der Waals surface area contributed by atoms with Crippen LogP contribution in [-0.4, -0.2) is 23.2 Å². The van der Waals surface area contributed by atoms with Crippen LogP contribution in [0, 0.1) is 5.82 Å². The van der Waals surface area contributed by atoms with Gasteiger partial charge in [0.2, 0.25) is 0 Å². The molecule has 4 rings (SSSR count). The van der Waals surface area contributed by atoms with Gasteiger partial charge in [0.15, 0.2) is 5.76 Å². The summed E-state index contributed by atoms with van der Waals surface area (Å²) < 4.78 is 30.0. The van der Waals surface area contributed by atoms with E-state index in [0.717, 1.165) is 11.3 Å². The second-order valence-corrected chi connectivity index (χ2v) is 6.76. The Bertz CT molecular complexity index is 1140. The molecule has 7 nitrogen and oxygen atoms in total. The molecule has 1 N–H and O–H groups in total. The van der Waals surface area contributed by atoms with Crippen molar-refractivity contribution in [1.82, 2.24) is 10.1 Å². The van der Waals surface area contributed by atoms with Crippen molar-refractivity contribution < 1.29 is 22.9 Å². The van der Waals surface area contributed by atoms with Crippen molar-refractivity contribution in [1.29, 1.82) is 0 Å². The molecule has 2 heterocycles. The Morgan fingerprint density at radius 3 is 2.61 bits per heavy atom. The molecular formula is C23H20FN3O4. The zero-order valence-corrected chi connectivity index (χ0v) is 16.7. The number of carbonyl (C=O) groups excluding carboxylic acids is 1. The Kier molecular flexibility index (Phi) is 5.98. The maximum absolute atomic E-state index is 14.0. The molecule has 2 aromatic heterocycles. The number of methoxy groups -OCH3 is 1. The SMILES string of the molecule is COc1ccc(-c2cc(CN(Cc3ccco3)C(=O)Nc3ccccc3F)no2)cc1. The van der Waals surface area contributed by atoms with Crippen LogP contribution in [0.15, 0.2) is 81.9 Å². The molecular weight excluding hydrogens is 401 g/mol. The number of nitrogens with one attached hydrogen (secondary N) is 1. The van der Waals surface area contributed by atoms with Crippen LogP contribution in [0.4, 0.5) is 14.9 Å². The van der Waals surface area contributed by atoms with Crippen LogP contribution in [0.5, 0.6) is 5.75 Å². The molecule has 0 saturated heterocycles. The third-order valence-electron chi connectivity index (χ3n) is 4.62. The van der Waals surface area contributed by atoms with E-state index in [0.29, 0.717) is 17.2 Å². The number of para-hydroxylation sites is 1. The fraction of sp³-hybridized carbons (Fsp3) is 0.130. The molecule has 0 fully saturated rings. The van der Waals surface area contributed by atoms with E-state index in [4.69, 9.17) is 13.7 Å². The zero-order chi connectivity index (χ0) is 21.6. The summed E-state index contributed by atoms with van der Waals surface area (Å²) in [7, 11) is 1.60. The van der Waals surface area contributed by atoms with E-state index in [2.05, 4.69) is 10.5 Å². The normalized spacial score (nSPS) is 10.6. The lowest BCUT2D eigenvalue weighted by atomic mass is 10.1. The topological polar surface area (TPSA) is 80.7 Å². The first-order valence-corrected chi connectivity index (χ1v) is 9.55. The summed E-state index contributed by atoms with van der Waals surface area (Å²) in [6, 6.07) is 18.1. The number of hydrogen-bond donors (Lipinski definition) is 1. The van der Waals surface area contributed by atoms with E-state index in [-0.39, 0.29) is 18.8 Å². The van der Waals surface area contributed by atoms with Crippen LogP contribution < -0.4 is 10.1 Å². The van der Waals surface area contributed by atoms with Gasteiger partial charge in [0.25, 0.3) is 0 Å². The van der Waals surface area contributed by atoms with E-state index in [1.54, 1.807) is 37.4 Å². The lowest BCUT2D eigenvalue weighted by Gasteiger charge is -2.21. The maximum Gasteiger partial charge on any atom is 0.322 e. The first kappa shape index (κ1) is 20.2. The third-order valence-corrected chi connectivity index (χ3v) is 4.62. The van der Waals surface area contributed by atoms with E-state index in [1.807, 2.05) is 24.3 Å². The average Bonchev–Trinajstić information content (AvgIpc) is 3.47. The number of amides is 2. The van der Waals surface area contributed by atoms with Crippen molar-refractivity contribution in [3.63, 3.8) is 0 Å². The summed E-state index contributed by atoms with van der Waals surface area (Å²) in [5, 5.41) is 6.67. The molecule has 0 atom stereocenters. The van der Waals surface area contributed by atoms with Gasteiger partial charge >= 0.3 is 6.03 Å². The highest BCUT2D eigenvalue weighted by Gasteiger charge is 2.19. The molecule has 4 aromatic rings. The number of halogens is 1. The molecule has 0 unspecified atom stereocenters. The second kappa shape index (κ2) is 9.17. The van der Waals surface area contributed by atoms with E-state index in [1.165, 1.54) is 23.3 Å². The Morgan fingerprint density at radius 1 is 1.10 bits per heavy atom. The number of ether oxygens (including phenoxy) is 1. The quantitative estimate of drug-likeness (QED) is 0.437. The molecule has 0 bridgehead atoms. The second-order valence-electron chi connectivity index (χ2n) is 6.76. The fourth-order valence-electron chi connectivity index (χ4n) is 3.02. The predicted octanol–water partition coefficient (Wildman–Crippen LogP) is 5.32. The molecule has 158 valence electrons. The van der Waals surface area contributed by atoms with Crippen molar-refractivity contribution in [3.8, 4) is 17.1 Å². The van der Waals surface area contributed by atoms with Crippen LogP contribution in [0.1, 0.15) is 11.5 Å². The summed E-state index contributed by atoms with van der Waals surface area (Å²) in [6.07, 6.45) is 1.53. The molecule has 0 aliphatic rings. The summed E-state index contributed by atoms with van der Waals surface area (Å²) in [6.45, 7) is 0.318. The fourth-order valence-corrected chi connectivity index (χ4v) is 3.02. The molecule has 31 heavy (non-hydrogen) atoms. The van der Waals surface area contributed by atoms with Gasteiger partial charge in [-0.15, -0.1) is 0 Å². The Labute approximate surface area is 178 Å². The number of furan rings is 1. The molecule has 0 aliphatic carbocycles. The van der Waals surface area contributed by atoms with Gasteiger partial charge in [-0.2, -0.15) is 0 Å². The first-order valence-electron chi connectivity index (χ1n) is 9.55. The highest BCUT2D eigenvalue weighted by atomic mass is 19.1. The van der Waals surface area contributed by atoms with E-state index in [9.17, 15) is 9.18 Å². The number of benzene rings is 2. The number of rotatable bonds is 7. The van der Waals surface area contributed by atoms with Crippen LogP contribution in [-0.2, 0) is 13.1 Å². The zero-order valence-electron chi connectivity index (χ0n) is 16.7. The molecule has 8 heteroatoms. The average molecular weight is 421 g/mol. The highest BCUT2D eigenvalue weighted by molar-refractivity contribution is 5.89. The van der Waals surface area contributed by atoms with Crippen molar-refractivity contribution in [2.75, 3.05) is 12.4 Å². The minimum atomic E-state index is -0.517. The van der Waals surface area contributed by atoms with Crippen molar-refractivity contribution in [3.05, 3.63) is 90.3 Å². The number of urea groups is 1. The molecule has 2 aromatic carbocycles. The number of aromatic nitrogens is 1. The summed E-state index contributed by atoms with van der Waals surface area (Å²) in [4.78, 5) is 14.3.